The Hall–Kier alpha value is -3.33. The zero-order chi connectivity index (χ0) is 22.9. The van der Waals surface area contributed by atoms with E-state index < -0.39 is 0 Å². The van der Waals surface area contributed by atoms with Gasteiger partial charge >= 0.3 is 0 Å². The van der Waals surface area contributed by atoms with Crippen LogP contribution in [0.2, 0.25) is 0 Å². The second kappa shape index (κ2) is 8.31. The number of nitrogens with zero attached hydrogens (tertiary/aromatic N) is 1. The van der Waals surface area contributed by atoms with Crippen molar-refractivity contribution in [3.63, 3.8) is 0 Å². The number of anilines is 1. The largest absolute Gasteiger partial charge is 0.497 e. The molecule has 32 heavy (non-hydrogen) atoms. The van der Waals surface area contributed by atoms with E-state index in [0.717, 1.165) is 23.4 Å². The Balaban J connectivity index is 1.74. The molecule has 0 N–H and O–H groups in total. The number of rotatable bonds is 4. The molecule has 0 fully saturated rings. The van der Waals surface area contributed by atoms with E-state index in [0.29, 0.717) is 0 Å². The predicted octanol–water partition coefficient (Wildman–Crippen LogP) is 6.54. The molecule has 164 valence electrons. The summed E-state index contributed by atoms with van der Waals surface area (Å²) in [5, 5.41) is 0. The van der Waals surface area contributed by atoms with E-state index in [1.165, 1.54) is 16.7 Å². The number of aryl methyl sites for hydroxylation is 1. The monoisotopic (exact) mass is 425 g/mol. The van der Waals surface area contributed by atoms with Gasteiger partial charge in [0, 0.05) is 22.7 Å². The van der Waals surface area contributed by atoms with Crippen molar-refractivity contribution in [2.24, 2.45) is 0 Å². The second-order valence-corrected chi connectivity index (χ2v) is 9.48. The molecule has 0 aliphatic carbocycles. The van der Waals surface area contributed by atoms with Gasteiger partial charge in [0.05, 0.1) is 7.11 Å². The predicted molar refractivity (Wildman–Crippen MR) is 132 cm³/mol. The SMILES string of the molecule is COc1ccc([C@@]2(C)CC(C)(C)N(C(=O)/C=C/c3ccc(C)cc3)c3ccccc32)cc1. The first-order valence-electron chi connectivity index (χ1n) is 11.1. The van der Waals surface area contributed by atoms with Crippen LogP contribution in [0.5, 0.6) is 5.75 Å². The van der Waals surface area contributed by atoms with Gasteiger partial charge in [0.15, 0.2) is 0 Å². The topological polar surface area (TPSA) is 29.5 Å². The first-order valence-corrected chi connectivity index (χ1v) is 11.1. The standard InChI is InChI=1S/C29H31NO2/c1-21-10-12-22(13-11-21)14-19-27(31)30-26-9-7-6-8-25(26)29(4,20-28(30,2)3)23-15-17-24(32-5)18-16-23/h6-19H,20H2,1-5H3/b19-14+/t29-/m1/s1. The molecular formula is C29H31NO2. The van der Waals surface area contributed by atoms with Crippen LogP contribution in [-0.2, 0) is 10.2 Å². The highest BCUT2D eigenvalue weighted by Crippen LogP contribution is 2.50. The third-order valence-electron chi connectivity index (χ3n) is 6.57. The van der Waals surface area contributed by atoms with Crippen LogP contribution >= 0.6 is 0 Å². The van der Waals surface area contributed by atoms with Crippen molar-refractivity contribution in [1.82, 2.24) is 0 Å². The number of amides is 1. The number of carbonyl (C=O) groups is 1. The van der Waals surface area contributed by atoms with Gasteiger partial charge in [-0.25, -0.2) is 0 Å². The van der Waals surface area contributed by atoms with Crippen molar-refractivity contribution in [3.8, 4) is 5.75 Å². The lowest BCUT2D eigenvalue weighted by Crippen LogP contribution is -2.55. The van der Waals surface area contributed by atoms with Gasteiger partial charge in [-0.05, 0) is 68.2 Å². The average Bonchev–Trinajstić information content (AvgIpc) is 2.78. The Morgan fingerprint density at radius 1 is 0.938 bits per heavy atom. The average molecular weight is 426 g/mol. The van der Waals surface area contributed by atoms with Gasteiger partial charge < -0.3 is 9.64 Å². The van der Waals surface area contributed by atoms with Gasteiger partial charge in [-0.1, -0.05) is 67.1 Å². The summed E-state index contributed by atoms with van der Waals surface area (Å²) < 4.78 is 5.36. The maximum atomic E-state index is 13.5. The minimum atomic E-state index is -0.363. The van der Waals surface area contributed by atoms with E-state index in [9.17, 15) is 4.79 Å². The number of hydrogen-bond acceptors (Lipinski definition) is 2. The summed E-state index contributed by atoms with van der Waals surface area (Å²) in [6.45, 7) is 8.65. The molecule has 0 bridgehead atoms. The van der Waals surface area contributed by atoms with E-state index >= 15 is 0 Å². The molecule has 0 unspecified atom stereocenters. The fourth-order valence-corrected chi connectivity index (χ4v) is 5.05. The summed E-state index contributed by atoms with van der Waals surface area (Å²) in [4.78, 5) is 15.4. The van der Waals surface area contributed by atoms with Crippen LogP contribution in [0, 0.1) is 6.92 Å². The Labute approximate surface area is 191 Å². The van der Waals surface area contributed by atoms with E-state index in [1.807, 2.05) is 41.3 Å². The Morgan fingerprint density at radius 3 is 2.25 bits per heavy atom. The molecule has 3 nitrogen and oxygen atoms in total. The Kier molecular flexibility index (Phi) is 5.68. The van der Waals surface area contributed by atoms with Crippen LogP contribution in [0.1, 0.15) is 49.4 Å². The van der Waals surface area contributed by atoms with Crippen molar-refractivity contribution >= 4 is 17.7 Å². The Bertz CT molecular complexity index is 1140. The number of hydrogen-bond donors (Lipinski definition) is 0. The quantitative estimate of drug-likeness (QED) is 0.444. The molecule has 1 amide bonds. The summed E-state index contributed by atoms with van der Waals surface area (Å²) in [5.41, 5.74) is 5.01. The number of fused-ring (bicyclic) bond motifs is 1. The number of carbonyl (C=O) groups excluding carboxylic acids is 1. The molecule has 1 atom stereocenters. The lowest BCUT2D eigenvalue weighted by Gasteiger charge is -2.51. The first kappa shape index (κ1) is 21.9. The molecule has 0 saturated carbocycles. The van der Waals surface area contributed by atoms with Crippen molar-refractivity contribution < 1.29 is 9.53 Å². The number of methoxy groups -OCH3 is 1. The number of para-hydroxylation sites is 1. The van der Waals surface area contributed by atoms with Gasteiger partial charge in [0.25, 0.3) is 5.91 Å². The normalized spacial score (nSPS) is 19.6. The van der Waals surface area contributed by atoms with E-state index in [1.54, 1.807) is 13.2 Å². The summed E-state index contributed by atoms with van der Waals surface area (Å²) in [5.74, 6) is 0.846. The molecule has 0 spiro atoms. The first-order chi connectivity index (χ1) is 15.2. The third kappa shape index (κ3) is 3.95. The van der Waals surface area contributed by atoms with E-state index in [2.05, 4.69) is 70.2 Å². The maximum Gasteiger partial charge on any atom is 0.251 e. The highest BCUT2D eigenvalue weighted by molar-refractivity contribution is 6.06. The van der Waals surface area contributed by atoms with Crippen LogP contribution in [0.25, 0.3) is 6.08 Å². The lowest BCUT2D eigenvalue weighted by molar-refractivity contribution is -0.115. The van der Waals surface area contributed by atoms with Crippen LogP contribution in [0.15, 0.2) is 78.9 Å². The summed E-state index contributed by atoms with van der Waals surface area (Å²) in [6.07, 6.45) is 4.41. The van der Waals surface area contributed by atoms with Crippen LogP contribution < -0.4 is 9.64 Å². The van der Waals surface area contributed by atoms with Crippen LogP contribution in [0.3, 0.4) is 0 Å². The molecule has 0 saturated heterocycles. The molecular weight excluding hydrogens is 394 g/mol. The van der Waals surface area contributed by atoms with Gasteiger partial charge in [-0.3, -0.25) is 4.79 Å². The number of ether oxygens (including phenoxy) is 1. The summed E-state index contributed by atoms with van der Waals surface area (Å²) >= 11 is 0. The molecule has 1 aliphatic rings. The lowest BCUT2D eigenvalue weighted by atomic mass is 9.65. The molecule has 1 heterocycles. The smallest absolute Gasteiger partial charge is 0.251 e. The third-order valence-corrected chi connectivity index (χ3v) is 6.57. The van der Waals surface area contributed by atoms with Crippen molar-refractivity contribution in [1.29, 1.82) is 0 Å². The highest BCUT2D eigenvalue weighted by Gasteiger charge is 2.47. The zero-order valence-electron chi connectivity index (χ0n) is 19.6. The molecule has 1 aliphatic heterocycles. The highest BCUT2D eigenvalue weighted by atomic mass is 16.5. The summed E-state index contributed by atoms with van der Waals surface area (Å²) in [7, 11) is 1.68. The fourth-order valence-electron chi connectivity index (χ4n) is 5.05. The van der Waals surface area contributed by atoms with E-state index in [4.69, 9.17) is 4.74 Å². The Morgan fingerprint density at radius 2 is 1.59 bits per heavy atom. The molecule has 3 aromatic rings. The fraction of sp³-hybridized carbons (Fsp3) is 0.276. The minimum Gasteiger partial charge on any atom is -0.497 e. The van der Waals surface area contributed by atoms with Gasteiger partial charge in [-0.2, -0.15) is 0 Å². The van der Waals surface area contributed by atoms with E-state index in [-0.39, 0.29) is 16.9 Å². The molecule has 3 aromatic carbocycles. The van der Waals surface area contributed by atoms with Crippen molar-refractivity contribution in [3.05, 3.63) is 101 Å². The number of benzene rings is 3. The van der Waals surface area contributed by atoms with Gasteiger partial charge in [0.1, 0.15) is 5.75 Å². The van der Waals surface area contributed by atoms with Crippen LogP contribution in [-0.4, -0.2) is 18.6 Å². The molecule has 0 aromatic heterocycles. The maximum absolute atomic E-state index is 13.5. The molecule has 0 radical (unpaired) electrons. The summed E-state index contributed by atoms with van der Waals surface area (Å²) in [6, 6.07) is 24.8. The minimum absolute atomic E-state index is 0.000180. The van der Waals surface area contributed by atoms with Gasteiger partial charge in [-0.15, -0.1) is 0 Å². The van der Waals surface area contributed by atoms with Gasteiger partial charge in [0.2, 0.25) is 0 Å². The zero-order valence-corrected chi connectivity index (χ0v) is 19.6. The molecule has 4 rings (SSSR count). The second-order valence-electron chi connectivity index (χ2n) is 9.48. The molecule has 3 heteroatoms. The van der Waals surface area contributed by atoms with Crippen LogP contribution in [0.4, 0.5) is 5.69 Å². The van der Waals surface area contributed by atoms with Crippen molar-refractivity contribution in [2.75, 3.05) is 12.0 Å². The van der Waals surface area contributed by atoms with Crippen molar-refractivity contribution in [2.45, 2.75) is 45.1 Å².